The maximum atomic E-state index is 14.8. The molecule has 0 saturated carbocycles. The Labute approximate surface area is 258 Å². The molecule has 0 aliphatic carbocycles. The minimum atomic E-state index is -1.03. The minimum absolute atomic E-state index is 0.101. The number of hydrogen-bond donors (Lipinski definition) is 3. The number of aryl methyl sites for hydroxylation is 2. The van der Waals surface area contributed by atoms with Crippen LogP contribution in [0, 0.1) is 19.8 Å². The Balaban J connectivity index is 2.72. The number of ether oxygens (including phenoxy) is 1. The van der Waals surface area contributed by atoms with E-state index in [0.29, 0.717) is 12.3 Å². The molecule has 0 spiro atoms. The Morgan fingerprint density at radius 1 is 0.907 bits per heavy atom. The van der Waals surface area contributed by atoms with Crippen LogP contribution in [-0.2, 0) is 20.7 Å². The van der Waals surface area contributed by atoms with Gasteiger partial charge in [-0.25, -0.2) is 4.79 Å². The number of benzene rings is 2. The zero-order valence-electron chi connectivity index (χ0n) is 28.0. The molecule has 3 atom stereocenters. The number of phenols is 1. The van der Waals surface area contributed by atoms with Gasteiger partial charge in [-0.05, 0) is 110 Å². The molecule has 0 aromatic heterocycles. The normalized spacial score (nSPS) is 14.0. The molecule has 0 saturated heterocycles. The molecule has 3 N–H and O–H groups in total. The third kappa shape index (κ3) is 11.6. The van der Waals surface area contributed by atoms with Crippen LogP contribution in [0.1, 0.15) is 103 Å². The fourth-order valence-electron chi connectivity index (χ4n) is 5.00. The van der Waals surface area contributed by atoms with E-state index < -0.39 is 29.3 Å². The number of phenolic OH excluding ortho intramolecular Hbond substituents is 1. The number of hydrogen-bond acceptors (Lipinski definition) is 5. The molecule has 8 nitrogen and oxygen atoms in total. The van der Waals surface area contributed by atoms with Crippen LogP contribution in [0.5, 0.6) is 5.75 Å². The molecule has 2 aromatic rings. The monoisotopic (exact) mass is 595 g/mol. The predicted octanol–water partition coefficient (Wildman–Crippen LogP) is 6.75. The van der Waals surface area contributed by atoms with Gasteiger partial charge in [0.25, 0.3) is 0 Å². The van der Waals surface area contributed by atoms with Crippen molar-refractivity contribution in [3.05, 3.63) is 64.7 Å². The van der Waals surface area contributed by atoms with E-state index in [-0.39, 0.29) is 30.0 Å². The van der Waals surface area contributed by atoms with E-state index in [1.807, 2.05) is 59.7 Å². The number of rotatable bonds is 11. The van der Waals surface area contributed by atoms with E-state index >= 15 is 0 Å². The fraction of sp³-hybridized carbons (Fsp3) is 0.571. The van der Waals surface area contributed by atoms with Gasteiger partial charge in [-0.15, -0.1) is 0 Å². The zero-order chi connectivity index (χ0) is 32.7. The average Bonchev–Trinajstić information content (AvgIpc) is 2.84. The van der Waals surface area contributed by atoms with Crippen molar-refractivity contribution in [3.63, 3.8) is 0 Å². The lowest BCUT2D eigenvalue weighted by Gasteiger charge is -2.40. The van der Waals surface area contributed by atoms with Crippen molar-refractivity contribution in [2.24, 2.45) is 5.92 Å². The van der Waals surface area contributed by atoms with Gasteiger partial charge in [0, 0.05) is 18.0 Å². The molecular weight excluding hydrogens is 542 g/mol. The van der Waals surface area contributed by atoms with Crippen molar-refractivity contribution in [2.75, 3.05) is 0 Å². The van der Waals surface area contributed by atoms with E-state index in [1.54, 1.807) is 49.9 Å². The number of nitrogens with zero attached hydrogens (tertiary/aromatic N) is 1. The summed E-state index contributed by atoms with van der Waals surface area (Å²) >= 11 is 0. The molecule has 0 heterocycles. The lowest BCUT2D eigenvalue weighted by atomic mass is 9.92. The van der Waals surface area contributed by atoms with Gasteiger partial charge in [-0.2, -0.15) is 0 Å². The zero-order valence-corrected chi connectivity index (χ0v) is 28.0. The van der Waals surface area contributed by atoms with E-state index in [1.165, 1.54) is 0 Å². The number of aromatic hydroxyl groups is 1. The molecule has 2 rings (SSSR count). The molecular formula is C35H53N3O5. The van der Waals surface area contributed by atoms with Crippen LogP contribution in [0.25, 0.3) is 0 Å². The van der Waals surface area contributed by atoms with E-state index in [4.69, 9.17) is 4.74 Å². The summed E-state index contributed by atoms with van der Waals surface area (Å²) in [7, 11) is 0. The quantitative estimate of drug-likeness (QED) is 0.266. The van der Waals surface area contributed by atoms with Crippen LogP contribution in [0.3, 0.4) is 0 Å². The SMILES string of the molecule is Cc1ccc(C(C(=O)NC(C)(C)C)N(C(=O)C(Cc2ccc(O)cc2)NC(=O)OC(C)(C)C)C(C)CCC(C)C)c(C)c1. The molecule has 2 aromatic carbocycles. The van der Waals surface area contributed by atoms with Crippen LogP contribution in [0.15, 0.2) is 42.5 Å². The third-order valence-corrected chi connectivity index (χ3v) is 7.00. The number of carbonyl (C=O) groups is 3. The summed E-state index contributed by atoms with van der Waals surface area (Å²) in [5, 5.41) is 15.7. The summed E-state index contributed by atoms with van der Waals surface area (Å²) in [6.45, 7) is 21.2. The van der Waals surface area contributed by atoms with E-state index in [2.05, 4.69) is 24.5 Å². The van der Waals surface area contributed by atoms with Crippen molar-refractivity contribution in [2.45, 2.75) is 125 Å². The van der Waals surface area contributed by atoms with Crippen molar-refractivity contribution in [3.8, 4) is 5.75 Å². The molecule has 0 radical (unpaired) electrons. The summed E-state index contributed by atoms with van der Waals surface area (Å²) in [4.78, 5) is 43.7. The average molecular weight is 596 g/mol. The van der Waals surface area contributed by atoms with Gasteiger partial charge in [-0.1, -0.05) is 49.7 Å². The predicted molar refractivity (Wildman–Crippen MR) is 172 cm³/mol. The fourth-order valence-corrected chi connectivity index (χ4v) is 5.00. The third-order valence-electron chi connectivity index (χ3n) is 7.00. The smallest absolute Gasteiger partial charge is 0.408 e. The second-order valence-electron chi connectivity index (χ2n) is 14.1. The summed E-state index contributed by atoms with van der Waals surface area (Å²) in [5.74, 6) is -0.173. The van der Waals surface area contributed by atoms with E-state index in [0.717, 1.165) is 28.7 Å². The van der Waals surface area contributed by atoms with Crippen LogP contribution in [0.4, 0.5) is 4.79 Å². The van der Waals surface area contributed by atoms with Crippen LogP contribution in [-0.4, -0.2) is 51.1 Å². The highest BCUT2D eigenvalue weighted by Gasteiger charge is 2.40. The molecule has 43 heavy (non-hydrogen) atoms. The molecule has 8 heteroatoms. The first-order valence-corrected chi connectivity index (χ1v) is 15.3. The first kappa shape index (κ1) is 35.6. The number of carbonyl (C=O) groups excluding carboxylic acids is 3. The minimum Gasteiger partial charge on any atom is -0.508 e. The van der Waals surface area contributed by atoms with E-state index in [9.17, 15) is 19.5 Å². The largest absolute Gasteiger partial charge is 0.508 e. The number of amides is 3. The Kier molecular flexibility index (Phi) is 12.2. The number of alkyl carbamates (subject to hydrolysis) is 1. The van der Waals surface area contributed by atoms with Crippen molar-refractivity contribution < 1.29 is 24.2 Å². The Hall–Kier alpha value is -3.55. The molecule has 0 aliphatic rings. The summed E-state index contributed by atoms with van der Waals surface area (Å²) in [6, 6.07) is 10.1. The van der Waals surface area contributed by atoms with Crippen molar-refractivity contribution >= 4 is 17.9 Å². The second-order valence-corrected chi connectivity index (χ2v) is 14.1. The van der Waals surface area contributed by atoms with Crippen LogP contribution >= 0.6 is 0 Å². The standard InChI is InChI=1S/C35H53N3O5/c1-22(2)12-14-25(5)38(30(31(40)37-34(6,7)8)28-19-13-23(3)20-24(28)4)32(41)29(36-33(42)43-35(9,10)11)21-26-15-17-27(39)18-16-26/h13,15-20,22,25,29-30,39H,12,14,21H2,1-11H3,(H,36,42)(H,37,40). The van der Waals surface area contributed by atoms with Gasteiger partial charge < -0.3 is 25.4 Å². The van der Waals surface area contributed by atoms with Gasteiger partial charge in [0.15, 0.2) is 0 Å². The Morgan fingerprint density at radius 3 is 2.02 bits per heavy atom. The van der Waals surface area contributed by atoms with Gasteiger partial charge in [0.2, 0.25) is 11.8 Å². The van der Waals surface area contributed by atoms with Crippen LogP contribution in [0.2, 0.25) is 0 Å². The second kappa shape index (κ2) is 14.8. The maximum Gasteiger partial charge on any atom is 0.408 e. The molecule has 0 aliphatic heterocycles. The Morgan fingerprint density at radius 2 is 1.51 bits per heavy atom. The molecule has 3 unspecified atom stereocenters. The molecule has 3 amide bonds. The summed E-state index contributed by atoms with van der Waals surface area (Å²) in [6.07, 6.45) is 0.952. The first-order valence-electron chi connectivity index (χ1n) is 15.3. The van der Waals surface area contributed by atoms with Gasteiger partial charge >= 0.3 is 6.09 Å². The van der Waals surface area contributed by atoms with Crippen molar-refractivity contribution in [1.29, 1.82) is 0 Å². The molecule has 238 valence electrons. The molecule has 0 fully saturated rings. The molecule has 0 bridgehead atoms. The van der Waals surface area contributed by atoms with Crippen LogP contribution < -0.4 is 10.6 Å². The lowest BCUT2D eigenvalue weighted by molar-refractivity contribution is -0.145. The highest BCUT2D eigenvalue weighted by atomic mass is 16.6. The highest BCUT2D eigenvalue weighted by Crippen LogP contribution is 2.31. The van der Waals surface area contributed by atoms with Crippen molar-refractivity contribution in [1.82, 2.24) is 15.5 Å². The summed E-state index contributed by atoms with van der Waals surface area (Å²) in [5.41, 5.74) is 2.12. The van der Waals surface area contributed by atoms with Gasteiger partial charge in [0.05, 0.1) is 0 Å². The maximum absolute atomic E-state index is 14.8. The lowest BCUT2D eigenvalue weighted by Crippen LogP contribution is -2.57. The highest BCUT2D eigenvalue weighted by molar-refractivity contribution is 5.93. The summed E-state index contributed by atoms with van der Waals surface area (Å²) < 4.78 is 5.55. The topological polar surface area (TPSA) is 108 Å². The first-order chi connectivity index (χ1) is 19.8. The number of nitrogens with one attached hydrogen (secondary N) is 2. The van der Waals surface area contributed by atoms with Gasteiger partial charge in [-0.3, -0.25) is 9.59 Å². The van der Waals surface area contributed by atoms with Gasteiger partial charge in [0.1, 0.15) is 23.4 Å². The Bertz CT molecular complexity index is 1240.